The number of morpholine rings is 1. The van der Waals surface area contributed by atoms with Crippen molar-refractivity contribution in [2.45, 2.75) is 18.9 Å². The summed E-state index contributed by atoms with van der Waals surface area (Å²) in [6.07, 6.45) is 1.01. The number of esters is 1. The lowest BCUT2D eigenvalue weighted by Gasteiger charge is -2.33. The van der Waals surface area contributed by atoms with Crippen LogP contribution in [-0.4, -0.2) is 49.7 Å². The molecule has 0 saturated carbocycles. The molecule has 1 heterocycles. The number of amides is 1. The van der Waals surface area contributed by atoms with Gasteiger partial charge in [-0.1, -0.05) is 28.1 Å². The summed E-state index contributed by atoms with van der Waals surface area (Å²) < 4.78 is 11.0. The van der Waals surface area contributed by atoms with Gasteiger partial charge in [0.2, 0.25) is 5.91 Å². The van der Waals surface area contributed by atoms with Crippen LogP contribution < -0.4 is 0 Å². The van der Waals surface area contributed by atoms with E-state index >= 15 is 0 Å². The third-order valence-electron chi connectivity index (χ3n) is 3.44. The number of carbonyl (C=O) groups is 2. The van der Waals surface area contributed by atoms with E-state index in [-0.39, 0.29) is 12.5 Å². The molecule has 1 aromatic rings. The molecule has 1 unspecified atom stereocenters. The molecule has 0 bridgehead atoms. The van der Waals surface area contributed by atoms with Gasteiger partial charge in [-0.15, -0.1) is 0 Å². The van der Waals surface area contributed by atoms with Crippen LogP contribution in [0.1, 0.15) is 12.0 Å². The number of ether oxygens (including phenoxy) is 2. The van der Waals surface area contributed by atoms with Crippen molar-refractivity contribution in [2.24, 2.45) is 0 Å². The molecule has 0 aromatic heterocycles. The van der Waals surface area contributed by atoms with E-state index in [4.69, 9.17) is 9.47 Å². The Kier molecular flexibility index (Phi) is 5.76. The molecular weight excluding hydrogens is 338 g/mol. The summed E-state index contributed by atoms with van der Waals surface area (Å²) in [4.78, 5) is 25.6. The van der Waals surface area contributed by atoms with Crippen molar-refractivity contribution in [3.05, 3.63) is 34.3 Å². The topological polar surface area (TPSA) is 55.8 Å². The average Bonchev–Trinajstić information content (AvgIpc) is 2.52. The van der Waals surface area contributed by atoms with E-state index in [2.05, 4.69) is 15.9 Å². The third kappa shape index (κ3) is 4.28. The molecule has 1 aliphatic heterocycles. The number of benzene rings is 1. The van der Waals surface area contributed by atoms with Gasteiger partial charge in [-0.25, -0.2) is 4.79 Å². The summed E-state index contributed by atoms with van der Waals surface area (Å²) in [5.41, 5.74) is 1.08. The molecule has 0 N–H and O–H groups in total. The number of carbonyl (C=O) groups excluding carboxylic acids is 2. The molecule has 114 valence electrons. The van der Waals surface area contributed by atoms with Gasteiger partial charge in [0.05, 0.1) is 20.3 Å². The number of hydrogen-bond acceptors (Lipinski definition) is 4. The van der Waals surface area contributed by atoms with Crippen molar-refractivity contribution in [3.63, 3.8) is 0 Å². The highest BCUT2D eigenvalue weighted by molar-refractivity contribution is 9.10. The highest BCUT2D eigenvalue weighted by atomic mass is 79.9. The second-order valence-corrected chi connectivity index (χ2v) is 5.75. The maximum absolute atomic E-state index is 12.3. The fraction of sp³-hybridized carbons (Fsp3) is 0.467. The quantitative estimate of drug-likeness (QED) is 0.772. The smallest absolute Gasteiger partial charge is 0.331 e. The molecule has 0 radical (unpaired) electrons. The molecule has 5 nitrogen and oxygen atoms in total. The van der Waals surface area contributed by atoms with Gasteiger partial charge in [0, 0.05) is 17.4 Å². The lowest BCUT2D eigenvalue weighted by atomic mass is 10.1. The fourth-order valence-electron chi connectivity index (χ4n) is 2.32. The van der Waals surface area contributed by atoms with E-state index in [0.29, 0.717) is 26.0 Å². The van der Waals surface area contributed by atoms with Crippen LogP contribution in [0.4, 0.5) is 0 Å². The van der Waals surface area contributed by atoms with Crippen molar-refractivity contribution in [1.29, 1.82) is 0 Å². The Hall–Kier alpha value is -1.40. The van der Waals surface area contributed by atoms with Crippen LogP contribution in [0.3, 0.4) is 0 Å². The van der Waals surface area contributed by atoms with E-state index in [1.807, 2.05) is 24.3 Å². The monoisotopic (exact) mass is 355 g/mol. The summed E-state index contributed by atoms with van der Waals surface area (Å²) in [5, 5.41) is 0. The minimum atomic E-state index is -0.626. The first-order valence-corrected chi connectivity index (χ1v) is 7.60. The predicted octanol–water partition coefficient (Wildman–Crippen LogP) is 1.78. The van der Waals surface area contributed by atoms with Gasteiger partial charge < -0.3 is 14.4 Å². The number of halogens is 1. The number of rotatable bonds is 4. The van der Waals surface area contributed by atoms with Crippen molar-refractivity contribution in [1.82, 2.24) is 4.90 Å². The lowest BCUT2D eigenvalue weighted by molar-refractivity contribution is -0.160. The van der Waals surface area contributed by atoms with Gasteiger partial charge in [-0.3, -0.25) is 4.79 Å². The largest absolute Gasteiger partial charge is 0.467 e. The Bertz CT molecular complexity index is 520. The summed E-state index contributed by atoms with van der Waals surface area (Å²) in [6.45, 7) is 1.09. The second kappa shape index (κ2) is 7.56. The number of nitrogens with zero attached hydrogens (tertiary/aromatic N) is 1. The Labute approximate surface area is 132 Å². The van der Waals surface area contributed by atoms with Crippen LogP contribution in [0.15, 0.2) is 28.7 Å². The Morgan fingerprint density at radius 3 is 3.00 bits per heavy atom. The summed E-state index contributed by atoms with van der Waals surface area (Å²) >= 11 is 3.41. The van der Waals surface area contributed by atoms with E-state index in [9.17, 15) is 9.59 Å². The molecular formula is C15H18BrNO4. The first-order chi connectivity index (χ1) is 10.1. The first kappa shape index (κ1) is 16.0. The molecule has 1 amide bonds. The van der Waals surface area contributed by atoms with Crippen LogP contribution in [0.25, 0.3) is 0 Å². The minimum Gasteiger partial charge on any atom is -0.467 e. The zero-order chi connectivity index (χ0) is 15.2. The molecule has 1 aromatic carbocycles. The molecule has 1 aliphatic rings. The molecule has 2 rings (SSSR count). The van der Waals surface area contributed by atoms with Gasteiger partial charge >= 0.3 is 5.97 Å². The third-order valence-corrected chi connectivity index (χ3v) is 3.93. The first-order valence-electron chi connectivity index (χ1n) is 6.81. The van der Waals surface area contributed by atoms with Gasteiger partial charge in [0.25, 0.3) is 0 Å². The molecule has 0 aliphatic carbocycles. The molecule has 1 atom stereocenters. The van der Waals surface area contributed by atoms with Crippen molar-refractivity contribution in [3.8, 4) is 0 Å². The van der Waals surface area contributed by atoms with Crippen LogP contribution in [0, 0.1) is 0 Å². The molecule has 21 heavy (non-hydrogen) atoms. The average molecular weight is 356 g/mol. The Morgan fingerprint density at radius 1 is 1.48 bits per heavy atom. The zero-order valence-corrected chi connectivity index (χ0v) is 13.5. The van der Waals surface area contributed by atoms with Gasteiger partial charge in [-0.2, -0.15) is 0 Å². The summed E-state index contributed by atoms with van der Waals surface area (Å²) in [7, 11) is 1.32. The normalized spacial score (nSPS) is 18.4. The lowest BCUT2D eigenvalue weighted by Crippen LogP contribution is -2.53. The Morgan fingerprint density at radius 2 is 2.29 bits per heavy atom. The van der Waals surface area contributed by atoms with Crippen LogP contribution in [0.2, 0.25) is 0 Å². The van der Waals surface area contributed by atoms with Gasteiger partial charge in [0.15, 0.2) is 6.04 Å². The maximum atomic E-state index is 12.3. The van der Waals surface area contributed by atoms with Crippen LogP contribution in [-0.2, 0) is 25.5 Å². The minimum absolute atomic E-state index is 0.0475. The highest BCUT2D eigenvalue weighted by Crippen LogP contribution is 2.15. The SMILES string of the molecule is COC(=O)C1COCCN1C(=O)CCc1cccc(Br)c1. The number of aryl methyl sites for hydroxylation is 1. The second-order valence-electron chi connectivity index (χ2n) is 4.83. The maximum Gasteiger partial charge on any atom is 0.331 e. The standard InChI is InChI=1S/C15H18BrNO4/c1-20-15(19)13-10-21-8-7-17(13)14(18)6-5-11-3-2-4-12(16)9-11/h2-4,9,13H,5-8,10H2,1H3. The van der Waals surface area contributed by atoms with Crippen molar-refractivity contribution >= 4 is 27.8 Å². The van der Waals surface area contributed by atoms with E-state index in [1.165, 1.54) is 7.11 Å². The Balaban J connectivity index is 1.96. The molecule has 1 saturated heterocycles. The van der Waals surface area contributed by atoms with E-state index in [0.717, 1.165) is 10.0 Å². The number of hydrogen-bond donors (Lipinski definition) is 0. The van der Waals surface area contributed by atoms with E-state index in [1.54, 1.807) is 4.90 Å². The molecule has 1 fully saturated rings. The van der Waals surface area contributed by atoms with Crippen molar-refractivity contribution in [2.75, 3.05) is 26.9 Å². The van der Waals surface area contributed by atoms with Gasteiger partial charge in [0.1, 0.15) is 0 Å². The predicted molar refractivity (Wildman–Crippen MR) is 80.8 cm³/mol. The van der Waals surface area contributed by atoms with Crippen LogP contribution >= 0.6 is 15.9 Å². The zero-order valence-electron chi connectivity index (χ0n) is 11.9. The van der Waals surface area contributed by atoms with E-state index < -0.39 is 12.0 Å². The summed E-state index contributed by atoms with van der Waals surface area (Å²) in [6, 6.07) is 7.23. The molecule has 6 heteroatoms. The van der Waals surface area contributed by atoms with Gasteiger partial charge in [-0.05, 0) is 24.1 Å². The van der Waals surface area contributed by atoms with Crippen molar-refractivity contribution < 1.29 is 19.1 Å². The van der Waals surface area contributed by atoms with Crippen LogP contribution in [0.5, 0.6) is 0 Å². The molecule has 0 spiro atoms. The fourth-order valence-corrected chi connectivity index (χ4v) is 2.77. The highest BCUT2D eigenvalue weighted by Gasteiger charge is 2.33. The summed E-state index contributed by atoms with van der Waals surface area (Å²) in [5.74, 6) is -0.473. The number of methoxy groups -OCH3 is 1.